The van der Waals surface area contributed by atoms with Crippen LogP contribution in [0.5, 0.6) is 0 Å². The molecule has 2 saturated carbocycles. The van der Waals surface area contributed by atoms with Gasteiger partial charge in [0.15, 0.2) is 0 Å². The van der Waals surface area contributed by atoms with Crippen LogP contribution in [0, 0.1) is 17.8 Å². The first kappa shape index (κ1) is 12.2. The normalized spacial score (nSPS) is 31.1. The van der Waals surface area contributed by atoms with E-state index in [1.165, 1.54) is 44.1 Å². The van der Waals surface area contributed by atoms with Crippen LogP contribution in [0.2, 0.25) is 0 Å². The number of aryl methyl sites for hydroxylation is 1. The monoisotopic (exact) mass is 244 g/mol. The van der Waals surface area contributed by atoms with E-state index in [1.54, 1.807) is 0 Å². The van der Waals surface area contributed by atoms with Crippen LogP contribution in [-0.4, -0.2) is 5.11 Å². The molecule has 2 aliphatic rings. The van der Waals surface area contributed by atoms with Gasteiger partial charge in [-0.2, -0.15) is 0 Å². The first-order valence-electron chi connectivity index (χ1n) is 7.58. The van der Waals surface area contributed by atoms with Gasteiger partial charge in [-0.05, 0) is 54.6 Å². The molecule has 2 aliphatic carbocycles. The van der Waals surface area contributed by atoms with Crippen LogP contribution in [0.4, 0.5) is 0 Å². The molecule has 0 amide bonds. The number of fused-ring (bicyclic) bond motifs is 1. The van der Waals surface area contributed by atoms with Crippen molar-refractivity contribution >= 4 is 0 Å². The Morgan fingerprint density at radius 1 is 1.17 bits per heavy atom. The van der Waals surface area contributed by atoms with Crippen molar-refractivity contribution in [2.75, 3.05) is 0 Å². The van der Waals surface area contributed by atoms with Crippen molar-refractivity contribution in [1.29, 1.82) is 0 Å². The molecule has 3 rings (SSSR count). The van der Waals surface area contributed by atoms with E-state index in [0.29, 0.717) is 5.92 Å². The van der Waals surface area contributed by atoms with Gasteiger partial charge in [0.25, 0.3) is 0 Å². The Kier molecular flexibility index (Phi) is 3.43. The molecule has 0 aliphatic heterocycles. The molecule has 18 heavy (non-hydrogen) atoms. The van der Waals surface area contributed by atoms with Crippen molar-refractivity contribution in [3.05, 3.63) is 35.4 Å². The molecular formula is C17H24O. The fourth-order valence-electron chi connectivity index (χ4n) is 3.83. The van der Waals surface area contributed by atoms with Gasteiger partial charge in [0, 0.05) is 0 Å². The summed E-state index contributed by atoms with van der Waals surface area (Å²) in [5.74, 6) is 2.24. The molecule has 2 fully saturated rings. The van der Waals surface area contributed by atoms with Gasteiger partial charge in [0.2, 0.25) is 0 Å². The molecule has 1 aromatic rings. The molecule has 1 nitrogen and oxygen atoms in total. The van der Waals surface area contributed by atoms with Gasteiger partial charge < -0.3 is 5.11 Å². The van der Waals surface area contributed by atoms with E-state index in [4.69, 9.17) is 0 Å². The quantitative estimate of drug-likeness (QED) is 0.826. The zero-order valence-electron chi connectivity index (χ0n) is 11.3. The lowest BCUT2D eigenvalue weighted by atomic mass is 9.98. The number of benzene rings is 1. The lowest BCUT2D eigenvalue weighted by Crippen LogP contribution is -2.04. The van der Waals surface area contributed by atoms with Crippen LogP contribution in [0.15, 0.2) is 24.3 Å². The van der Waals surface area contributed by atoms with Gasteiger partial charge in [-0.15, -0.1) is 0 Å². The van der Waals surface area contributed by atoms with E-state index in [1.807, 2.05) is 0 Å². The number of aliphatic hydroxyl groups excluding tert-OH is 1. The summed E-state index contributed by atoms with van der Waals surface area (Å²) < 4.78 is 0. The summed E-state index contributed by atoms with van der Waals surface area (Å²) >= 11 is 0. The first-order valence-corrected chi connectivity index (χ1v) is 7.58. The summed E-state index contributed by atoms with van der Waals surface area (Å²) in [6, 6.07) is 8.69. The summed E-state index contributed by atoms with van der Waals surface area (Å²) in [5.41, 5.74) is 2.54. The topological polar surface area (TPSA) is 20.2 Å². The molecule has 0 radical (unpaired) electrons. The lowest BCUT2D eigenvalue weighted by molar-refractivity contribution is 0.137. The van der Waals surface area contributed by atoms with Crippen molar-refractivity contribution in [2.24, 2.45) is 17.8 Å². The van der Waals surface area contributed by atoms with Gasteiger partial charge in [0.1, 0.15) is 0 Å². The highest BCUT2D eigenvalue weighted by molar-refractivity contribution is 5.26. The molecule has 0 heterocycles. The predicted molar refractivity (Wildman–Crippen MR) is 74.3 cm³/mol. The smallest absolute Gasteiger partial charge is 0.0823 e. The third kappa shape index (κ3) is 2.21. The highest BCUT2D eigenvalue weighted by Gasteiger charge is 2.55. The number of hydrogen-bond donors (Lipinski definition) is 1. The van der Waals surface area contributed by atoms with Gasteiger partial charge >= 0.3 is 0 Å². The molecule has 1 N–H and O–H groups in total. The summed E-state index contributed by atoms with van der Waals surface area (Å²) in [5, 5.41) is 10.4. The average Bonchev–Trinajstić information content (AvgIpc) is 2.88. The summed E-state index contributed by atoms with van der Waals surface area (Å²) in [6.07, 6.45) is 7.54. The maximum Gasteiger partial charge on any atom is 0.0823 e. The van der Waals surface area contributed by atoms with E-state index in [-0.39, 0.29) is 6.10 Å². The second kappa shape index (κ2) is 5.05. The number of hydrogen-bond acceptors (Lipinski definition) is 1. The van der Waals surface area contributed by atoms with Crippen LogP contribution in [0.1, 0.15) is 56.3 Å². The van der Waals surface area contributed by atoms with E-state index in [0.717, 1.165) is 17.4 Å². The molecule has 3 atom stereocenters. The Hall–Kier alpha value is -0.820. The van der Waals surface area contributed by atoms with E-state index in [2.05, 4.69) is 31.2 Å². The van der Waals surface area contributed by atoms with Crippen LogP contribution >= 0.6 is 0 Å². The van der Waals surface area contributed by atoms with Crippen molar-refractivity contribution in [3.63, 3.8) is 0 Å². The minimum atomic E-state index is -0.208. The Bertz CT molecular complexity index is 385. The van der Waals surface area contributed by atoms with Crippen LogP contribution in [-0.2, 0) is 6.42 Å². The van der Waals surface area contributed by atoms with Crippen molar-refractivity contribution in [3.8, 4) is 0 Å². The highest BCUT2D eigenvalue weighted by Crippen LogP contribution is 2.62. The van der Waals surface area contributed by atoms with Crippen LogP contribution < -0.4 is 0 Å². The van der Waals surface area contributed by atoms with E-state index in [9.17, 15) is 5.11 Å². The second-order valence-corrected chi connectivity index (χ2v) is 6.13. The van der Waals surface area contributed by atoms with Gasteiger partial charge in [0.05, 0.1) is 6.10 Å². The Balaban J connectivity index is 1.62. The minimum absolute atomic E-state index is 0.208. The molecule has 1 aromatic carbocycles. The SMILES string of the molecule is CCCCc1ccc(C(O)C2C3CCCC32)cc1. The fourth-order valence-corrected chi connectivity index (χ4v) is 3.83. The van der Waals surface area contributed by atoms with Gasteiger partial charge in [-0.3, -0.25) is 0 Å². The summed E-state index contributed by atoms with van der Waals surface area (Å²) in [4.78, 5) is 0. The van der Waals surface area contributed by atoms with Crippen molar-refractivity contribution in [1.82, 2.24) is 0 Å². The number of unbranched alkanes of at least 4 members (excludes halogenated alkanes) is 1. The molecule has 3 unspecified atom stereocenters. The largest absolute Gasteiger partial charge is 0.388 e. The molecule has 0 saturated heterocycles. The minimum Gasteiger partial charge on any atom is -0.388 e. The van der Waals surface area contributed by atoms with E-state index < -0.39 is 0 Å². The number of rotatable bonds is 5. The zero-order valence-corrected chi connectivity index (χ0v) is 11.3. The Morgan fingerprint density at radius 3 is 2.44 bits per heavy atom. The molecule has 0 spiro atoms. The lowest BCUT2D eigenvalue weighted by Gasteiger charge is -2.13. The molecule has 98 valence electrons. The summed E-state index contributed by atoms with van der Waals surface area (Å²) in [6.45, 7) is 2.23. The average molecular weight is 244 g/mol. The molecule has 0 bridgehead atoms. The molecular weight excluding hydrogens is 220 g/mol. The Labute approximate surface area is 110 Å². The first-order chi connectivity index (χ1) is 8.81. The van der Waals surface area contributed by atoms with Crippen LogP contribution in [0.3, 0.4) is 0 Å². The zero-order chi connectivity index (χ0) is 12.5. The van der Waals surface area contributed by atoms with Crippen molar-refractivity contribution < 1.29 is 5.11 Å². The third-order valence-electron chi connectivity index (χ3n) is 4.98. The van der Waals surface area contributed by atoms with Gasteiger partial charge in [-0.1, -0.05) is 44.0 Å². The highest BCUT2D eigenvalue weighted by atomic mass is 16.3. The van der Waals surface area contributed by atoms with Gasteiger partial charge in [-0.25, -0.2) is 0 Å². The molecule has 0 aromatic heterocycles. The summed E-state index contributed by atoms with van der Waals surface area (Å²) in [7, 11) is 0. The second-order valence-electron chi connectivity index (χ2n) is 6.13. The van der Waals surface area contributed by atoms with Crippen LogP contribution in [0.25, 0.3) is 0 Å². The maximum atomic E-state index is 10.4. The Morgan fingerprint density at radius 2 is 1.83 bits per heavy atom. The third-order valence-corrected chi connectivity index (χ3v) is 4.98. The molecule has 1 heteroatoms. The maximum absolute atomic E-state index is 10.4. The van der Waals surface area contributed by atoms with E-state index >= 15 is 0 Å². The predicted octanol–water partition coefficient (Wildman–Crippen LogP) is 4.11. The standard InChI is InChI=1S/C17H24O/c1-2-3-5-12-8-10-13(11-9-12)17(18)16-14-6-4-7-15(14)16/h8-11,14-18H,2-7H2,1H3. The number of aliphatic hydroxyl groups is 1. The fraction of sp³-hybridized carbons (Fsp3) is 0.647. The van der Waals surface area contributed by atoms with Crippen molar-refractivity contribution in [2.45, 2.75) is 51.6 Å².